The predicted octanol–water partition coefficient (Wildman–Crippen LogP) is 2.15. The molecule has 2 N–H and O–H groups in total. The highest BCUT2D eigenvalue weighted by Crippen LogP contribution is 2.25. The molecule has 1 saturated heterocycles. The van der Waals surface area contributed by atoms with E-state index in [0.29, 0.717) is 12.3 Å². The summed E-state index contributed by atoms with van der Waals surface area (Å²) in [5, 5.41) is 1.17. The average Bonchev–Trinajstić information content (AvgIpc) is 2.79. The van der Waals surface area contributed by atoms with E-state index in [4.69, 9.17) is 5.73 Å². The minimum Gasteiger partial charge on any atom is -0.370 e. The first kappa shape index (κ1) is 15.9. The summed E-state index contributed by atoms with van der Waals surface area (Å²) in [7, 11) is 0. The molecule has 23 heavy (non-hydrogen) atoms. The SMILES string of the molecule is NC(=O)CCN1CCCC(Cc2ccnc3ccncc23)CC1. The van der Waals surface area contributed by atoms with Crippen LogP contribution in [0.25, 0.3) is 10.9 Å². The second-order valence-corrected chi connectivity index (χ2v) is 6.42. The van der Waals surface area contributed by atoms with E-state index in [0.717, 1.165) is 31.6 Å². The molecule has 3 rings (SSSR count). The highest BCUT2D eigenvalue weighted by atomic mass is 16.1. The van der Waals surface area contributed by atoms with Crippen LogP contribution < -0.4 is 5.73 Å². The number of hydrogen-bond acceptors (Lipinski definition) is 4. The molecule has 2 aromatic heterocycles. The van der Waals surface area contributed by atoms with Crippen LogP contribution in [-0.4, -0.2) is 40.4 Å². The van der Waals surface area contributed by atoms with Crippen molar-refractivity contribution in [3.05, 3.63) is 36.3 Å². The van der Waals surface area contributed by atoms with E-state index < -0.39 is 0 Å². The molecule has 5 nitrogen and oxygen atoms in total. The normalized spacial score (nSPS) is 19.6. The summed E-state index contributed by atoms with van der Waals surface area (Å²) in [6, 6.07) is 4.09. The summed E-state index contributed by atoms with van der Waals surface area (Å²) >= 11 is 0. The molecule has 2 aromatic rings. The van der Waals surface area contributed by atoms with Gasteiger partial charge in [-0.2, -0.15) is 0 Å². The van der Waals surface area contributed by atoms with Crippen molar-refractivity contribution in [2.24, 2.45) is 11.7 Å². The van der Waals surface area contributed by atoms with Gasteiger partial charge >= 0.3 is 0 Å². The molecule has 0 radical (unpaired) electrons. The van der Waals surface area contributed by atoms with Gasteiger partial charge in [-0.3, -0.25) is 14.8 Å². The average molecular weight is 312 g/mol. The highest BCUT2D eigenvalue weighted by Gasteiger charge is 2.18. The number of hydrogen-bond donors (Lipinski definition) is 1. The van der Waals surface area contributed by atoms with Crippen LogP contribution in [0.3, 0.4) is 0 Å². The maximum atomic E-state index is 10.9. The molecule has 3 heterocycles. The number of carbonyl (C=O) groups excluding carboxylic acids is 1. The van der Waals surface area contributed by atoms with Gasteiger partial charge in [0.05, 0.1) is 5.52 Å². The van der Waals surface area contributed by atoms with Gasteiger partial charge in [-0.1, -0.05) is 0 Å². The third-order valence-electron chi connectivity index (χ3n) is 4.76. The van der Waals surface area contributed by atoms with E-state index >= 15 is 0 Å². The van der Waals surface area contributed by atoms with Gasteiger partial charge in [0.25, 0.3) is 0 Å². The summed E-state index contributed by atoms with van der Waals surface area (Å²) in [6.07, 6.45) is 10.7. The zero-order valence-corrected chi connectivity index (χ0v) is 13.4. The molecule has 1 unspecified atom stereocenters. The van der Waals surface area contributed by atoms with Crippen LogP contribution in [0.4, 0.5) is 0 Å². The fraction of sp³-hybridized carbons (Fsp3) is 0.500. The fourth-order valence-electron chi connectivity index (χ4n) is 3.45. The quantitative estimate of drug-likeness (QED) is 0.918. The van der Waals surface area contributed by atoms with E-state index in [-0.39, 0.29) is 5.91 Å². The summed E-state index contributed by atoms with van der Waals surface area (Å²) in [5.41, 5.74) is 7.62. The standard InChI is InChI=1S/C18H24N4O/c19-18(23)6-11-22-9-1-2-14(5-10-22)12-15-3-8-21-17-4-7-20-13-16(15)17/h3-4,7-8,13-14H,1-2,5-6,9-12H2,(H2,19,23). The Hall–Kier alpha value is -2.01. The van der Waals surface area contributed by atoms with Gasteiger partial charge in [0.15, 0.2) is 0 Å². The number of fused-ring (bicyclic) bond motifs is 1. The van der Waals surface area contributed by atoms with Crippen LogP contribution in [0.15, 0.2) is 30.7 Å². The molecular weight excluding hydrogens is 288 g/mol. The zero-order chi connectivity index (χ0) is 16.1. The van der Waals surface area contributed by atoms with Crippen molar-refractivity contribution in [2.45, 2.75) is 32.1 Å². The highest BCUT2D eigenvalue weighted by molar-refractivity contribution is 5.80. The summed E-state index contributed by atoms with van der Waals surface area (Å²) in [5.74, 6) is 0.473. The Balaban J connectivity index is 1.63. The van der Waals surface area contributed by atoms with Crippen molar-refractivity contribution in [3.63, 3.8) is 0 Å². The van der Waals surface area contributed by atoms with E-state index in [1.807, 2.05) is 18.5 Å². The predicted molar refractivity (Wildman–Crippen MR) is 90.8 cm³/mol. The Kier molecular flexibility index (Phi) is 5.18. The Bertz CT molecular complexity index is 668. The van der Waals surface area contributed by atoms with Gasteiger partial charge in [0, 0.05) is 36.9 Å². The van der Waals surface area contributed by atoms with Crippen molar-refractivity contribution in [1.82, 2.24) is 14.9 Å². The van der Waals surface area contributed by atoms with Gasteiger partial charge in [0.1, 0.15) is 0 Å². The molecular formula is C18H24N4O. The second kappa shape index (κ2) is 7.51. The lowest BCUT2D eigenvalue weighted by molar-refractivity contribution is -0.118. The van der Waals surface area contributed by atoms with E-state index in [2.05, 4.69) is 20.9 Å². The number of aromatic nitrogens is 2. The third kappa shape index (κ3) is 4.26. The Morgan fingerprint density at radius 1 is 1.26 bits per heavy atom. The number of primary amides is 1. The molecule has 5 heteroatoms. The summed E-state index contributed by atoms with van der Waals surface area (Å²) in [4.78, 5) is 22.0. The number of nitrogens with two attached hydrogens (primary N) is 1. The van der Waals surface area contributed by atoms with Crippen molar-refractivity contribution < 1.29 is 4.79 Å². The molecule has 1 aliphatic heterocycles. The van der Waals surface area contributed by atoms with Crippen LogP contribution in [0.5, 0.6) is 0 Å². The van der Waals surface area contributed by atoms with E-state index in [1.54, 1.807) is 6.20 Å². The van der Waals surface area contributed by atoms with Crippen LogP contribution in [0, 0.1) is 5.92 Å². The fourth-order valence-corrected chi connectivity index (χ4v) is 3.45. The molecule has 0 aromatic carbocycles. The number of carbonyl (C=O) groups is 1. The third-order valence-corrected chi connectivity index (χ3v) is 4.76. The summed E-state index contributed by atoms with van der Waals surface area (Å²) in [6.45, 7) is 2.92. The first-order valence-electron chi connectivity index (χ1n) is 8.40. The van der Waals surface area contributed by atoms with Gasteiger partial charge in [-0.05, 0) is 62.4 Å². The number of nitrogens with zero attached hydrogens (tertiary/aromatic N) is 3. The number of pyridine rings is 2. The molecule has 0 spiro atoms. The number of amides is 1. The Labute approximate surface area is 136 Å². The topological polar surface area (TPSA) is 72.1 Å². The largest absolute Gasteiger partial charge is 0.370 e. The molecule has 122 valence electrons. The van der Waals surface area contributed by atoms with Crippen molar-refractivity contribution in [1.29, 1.82) is 0 Å². The minimum atomic E-state index is -0.207. The van der Waals surface area contributed by atoms with E-state index in [1.165, 1.54) is 30.2 Å². The lowest BCUT2D eigenvalue weighted by Crippen LogP contribution is -2.29. The molecule has 0 aliphatic carbocycles. The molecule has 1 atom stereocenters. The lowest BCUT2D eigenvalue weighted by Gasteiger charge is -2.19. The number of likely N-dealkylation sites (tertiary alicyclic amines) is 1. The molecule has 1 fully saturated rings. The monoisotopic (exact) mass is 312 g/mol. The molecule has 1 aliphatic rings. The summed E-state index contributed by atoms with van der Waals surface area (Å²) < 4.78 is 0. The van der Waals surface area contributed by atoms with Crippen molar-refractivity contribution >= 4 is 16.8 Å². The molecule has 0 bridgehead atoms. The van der Waals surface area contributed by atoms with Crippen LogP contribution in [-0.2, 0) is 11.2 Å². The Morgan fingerprint density at radius 3 is 3.04 bits per heavy atom. The van der Waals surface area contributed by atoms with Gasteiger partial charge in [-0.15, -0.1) is 0 Å². The van der Waals surface area contributed by atoms with Crippen LogP contribution in [0.1, 0.15) is 31.2 Å². The minimum absolute atomic E-state index is 0.207. The van der Waals surface area contributed by atoms with Gasteiger partial charge in [0.2, 0.25) is 5.91 Å². The Morgan fingerprint density at radius 2 is 2.17 bits per heavy atom. The first-order valence-corrected chi connectivity index (χ1v) is 8.40. The van der Waals surface area contributed by atoms with Crippen molar-refractivity contribution in [2.75, 3.05) is 19.6 Å². The molecule has 0 saturated carbocycles. The maximum absolute atomic E-state index is 10.9. The van der Waals surface area contributed by atoms with Gasteiger partial charge < -0.3 is 10.6 Å². The lowest BCUT2D eigenvalue weighted by atomic mass is 9.92. The first-order chi connectivity index (χ1) is 11.2. The van der Waals surface area contributed by atoms with Crippen molar-refractivity contribution in [3.8, 4) is 0 Å². The van der Waals surface area contributed by atoms with E-state index in [9.17, 15) is 4.79 Å². The van der Waals surface area contributed by atoms with Gasteiger partial charge in [-0.25, -0.2) is 0 Å². The number of rotatable bonds is 5. The maximum Gasteiger partial charge on any atom is 0.218 e. The van der Waals surface area contributed by atoms with Crippen LogP contribution >= 0.6 is 0 Å². The smallest absolute Gasteiger partial charge is 0.218 e. The second-order valence-electron chi connectivity index (χ2n) is 6.42. The van der Waals surface area contributed by atoms with Crippen LogP contribution in [0.2, 0.25) is 0 Å². The zero-order valence-electron chi connectivity index (χ0n) is 13.4. The molecule has 1 amide bonds.